The van der Waals surface area contributed by atoms with Crippen LogP contribution in [-0.2, 0) is 11.3 Å². The number of amides is 1. The Labute approximate surface area is 122 Å². The van der Waals surface area contributed by atoms with E-state index in [4.69, 9.17) is 5.11 Å². The van der Waals surface area contributed by atoms with Crippen molar-refractivity contribution in [2.24, 2.45) is 5.92 Å². The molecular weight excluding hydrogens is 276 g/mol. The molecule has 110 valence electrons. The molecule has 0 bridgehead atoms. The van der Waals surface area contributed by atoms with E-state index in [0.717, 1.165) is 24.2 Å². The summed E-state index contributed by atoms with van der Waals surface area (Å²) in [5, 5.41) is 12.4. The van der Waals surface area contributed by atoms with E-state index in [2.05, 4.69) is 10.3 Å². The summed E-state index contributed by atoms with van der Waals surface area (Å²) < 4.78 is 0. The predicted molar refractivity (Wildman–Crippen MR) is 76.8 cm³/mol. The summed E-state index contributed by atoms with van der Waals surface area (Å²) in [7, 11) is 0. The molecule has 1 aromatic heterocycles. The third-order valence-corrected chi connectivity index (χ3v) is 4.82. The van der Waals surface area contributed by atoms with Crippen LogP contribution in [-0.4, -0.2) is 22.0 Å². The van der Waals surface area contributed by atoms with Crippen molar-refractivity contribution in [2.45, 2.75) is 52.0 Å². The predicted octanol–water partition coefficient (Wildman–Crippen LogP) is 2.74. The average molecular weight is 296 g/mol. The van der Waals surface area contributed by atoms with Crippen LogP contribution in [0.2, 0.25) is 0 Å². The summed E-state index contributed by atoms with van der Waals surface area (Å²) in [5.74, 6) is -0.405. The van der Waals surface area contributed by atoms with Crippen LogP contribution in [0, 0.1) is 12.8 Å². The highest BCUT2D eigenvalue weighted by Crippen LogP contribution is 2.26. The van der Waals surface area contributed by atoms with E-state index in [-0.39, 0.29) is 10.8 Å². The first-order valence-corrected chi connectivity index (χ1v) is 7.84. The number of carboxylic acids is 1. The van der Waals surface area contributed by atoms with Crippen molar-refractivity contribution in [3.05, 3.63) is 15.6 Å². The molecule has 6 heteroatoms. The Balaban J connectivity index is 1.80. The van der Waals surface area contributed by atoms with Crippen LogP contribution in [0.5, 0.6) is 0 Å². The number of hydrogen-bond donors (Lipinski definition) is 2. The van der Waals surface area contributed by atoms with E-state index in [1.807, 2.05) is 0 Å². The molecule has 1 aromatic rings. The van der Waals surface area contributed by atoms with Crippen molar-refractivity contribution >= 4 is 23.2 Å². The molecule has 0 aromatic carbocycles. The van der Waals surface area contributed by atoms with Crippen LogP contribution in [0.4, 0.5) is 0 Å². The molecule has 1 heterocycles. The number of nitrogens with one attached hydrogen (secondary N) is 1. The molecule has 0 unspecified atom stereocenters. The molecule has 1 saturated carbocycles. The molecule has 0 atom stereocenters. The zero-order valence-corrected chi connectivity index (χ0v) is 12.5. The maximum atomic E-state index is 11.9. The second-order valence-electron chi connectivity index (χ2n) is 5.31. The minimum absolute atomic E-state index is 0.0432. The highest BCUT2D eigenvalue weighted by molar-refractivity contribution is 7.13. The standard InChI is InChI=1S/C14H20N2O3S/c1-9-13(14(18)19)20-12(16-9)8-15-11(17)7-10-5-3-2-4-6-10/h10H,2-8H2,1H3,(H,15,17)(H,18,19). The van der Waals surface area contributed by atoms with Crippen molar-refractivity contribution in [3.8, 4) is 0 Å². The molecule has 20 heavy (non-hydrogen) atoms. The number of rotatable bonds is 5. The van der Waals surface area contributed by atoms with Crippen LogP contribution in [0.25, 0.3) is 0 Å². The highest BCUT2D eigenvalue weighted by Gasteiger charge is 2.18. The van der Waals surface area contributed by atoms with Gasteiger partial charge in [-0.2, -0.15) is 0 Å². The number of hydrogen-bond acceptors (Lipinski definition) is 4. The summed E-state index contributed by atoms with van der Waals surface area (Å²) in [6, 6.07) is 0. The number of carbonyl (C=O) groups excluding carboxylic acids is 1. The molecule has 1 aliphatic rings. The lowest BCUT2D eigenvalue weighted by molar-refractivity contribution is -0.122. The zero-order valence-electron chi connectivity index (χ0n) is 11.6. The van der Waals surface area contributed by atoms with Gasteiger partial charge in [0, 0.05) is 6.42 Å². The first-order valence-electron chi connectivity index (χ1n) is 7.02. The van der Waals surface area contributed by atoms with Gasteiger partial charge in [0.1, 0.15) is 9.88 Å². The van der Waals surface area contributed by atoms with E-state index in [1.54, 1.807) is 6.92 Å². The van der Waals surface area contributed by atoms with Crippen LogP contribution < -0.4 is 5.32 Å². The second kappa shape index (κ2) is 6.83. The number of nitrogens with zero attached hydrogens (tertiary/aromatic N) is 1. The normalized spacial score (nSPS) is 16.1. The van der Waals surface area contributed by atoms with E-state index in [1.165, 1.54) is 19.3 Å². The number of thiazole rings is 1. The van der Waals surface area contributed by atoms with E-state index in [9.17, 15) is 9.59 Å². The molecule has 2 N–H and O–H groups in total. The van der Waals surface area contributed by atoms with Crippen LogP contribution in [0.3, 0.4) is 0 Å². The monoisotopic (exact) mass is 296 g/mol. The first kappa shape index (κ1) is 15.0. The third kappa shape index (κ3) is 4.03. The lowest BCUT2D eigenvalue weighted by atomic mass is 9.87. The maximum Gasteiger partial charge on any atom is 0.347 e. The second-order valence-corrected chi connectivity index (χ2v) is 6.40. The molecule has 2 rings (SSSR count). The van der Waals surface area contributed by atoms with Crippen LogP contribution >= 0.6 is 11.3 Å². The van der Waals surface area contributed by atoms with Crippen molar-refractivity contribution < 1.29 is 14.7 Å². The zero-order chi connectivity index (χ0) is 14.5. The molecule has 1 amide bonds. The molecule has 1 aliphatic carbocycles. The molecule has 0 saturated heterocycles. The van der Waals surface area contributed by atoms with Gasteiger partial charge in [-0.25, -0.2) is 9.78 Å². The Kier molecular flexibility index (Phi) is 5.11. The topological polar surface area (TPSA) is 79.3 Å². The van der Waals surface area contributed by atoms with Gasteiger partial charge in [-0.05, 0) is 25.7 Å². The fourth-order valence-electron chi connectivity index (χ4n) is 2.63. The largest absolute Gasteiger partial charge is 0.477 e. The lowest BCUT2D eigenvalue weighted by Crippen LogP contribution is -2.25. The summed E-state index contributed by atoms with van der Waals surface area (Å²) >= 11 is 1.13. The Hall–Kier alpha value is -1.43. The lowest BCUT2D eigenvalue weighted by Gasteiger charge is -2.20. The molecular formula is C14H20N2O3S. The van der Waals surface area contributed by atoms with Crippen molar-refractivity contribution in [1.29, 1.82) is 0 Å². The van der Waals surface area contributed by atoms with Crippen LogP contribution in [0.1, 0.15) is 58.9 Å². The van der Waals surface area contributed by atoms with Gasteiger partial charge in [0.15, 0.2) is 0 Å². The minimum atomic E-state index is -0.959. The fraction of sp³-hybridized carbons (Fsp3) is 0.643. The number of carbonyl (C=O) groups is 2. The summed E-state index contributed by atoms with van der Waals surface area (Å²) in [5.41, 5.74) is 0.513. The number of aryl methyl sites for hydroxylation is 1. The van der Waals surface area contributed by atoms with Gasteiger partial charge in [-0.1, -0.05) is 19.3 Å². The Morgan fingerprint density at radius 2 is 2.05 bits per heavy atom. The van der Waals surface area contributed by atoms with Gasteiger partial charge in [0.2, 0.25) is 5.91 Å². The van der Waals surface area contributed by atoms with Crippen molar-refractivity contribution in [1.82, 2.24) is 10.3 Å². The number of carboxylic acid groups (broad SMARTS) is 1. The third-order valence-electron chi connectivity index (χ3n) is 3.67. The Morgan fingerprint density at radius 1 is 1.35 bits per heavy atom. The minimum Gasteiger partial charge on any atom is -0.477 e. The van der Waals surface area contributed by atoms with Crippen molar-refractivity contribution in [2.75, 3.05) is 0 Å². The van der Waals surface area contributed by atoms with Gasteiger partial charge in [0.25, 0.3) is 0 Å². The smallest absolute Gasteiger partial charge is 0.347 e. The SMILES string of the molecule is Cc1nc(CNC(=O)CC2CCCCC2)sc1C(=O)O. The summed E-state index contributed by atoms with van der Waals surface area (Å²) in [6.45, 7) is 2.00. The van der Waals surface area contributed by atoms with Gasteiger partial charge in [0.05, 0.1) is 12.2 Å². The molecule has 0 radical (unpaired) electrons. The molecule has 0 aliphatic heterocycles. The first-order chi connectivity index (χ1) is 9.56. The quantitative estimate of drug-likeness (QED) is 0.875. The Morgan fingerprint density at radius 3 is 2.65 bits per heavy atom. The van der Waals surface area contributed by atoms with E-state index < -0.39 is 5.97 Å². The van der Waals surface area contributed by atoms with Crippen LogP contribution in [0.15, 0.2) is 0 Å². The number of aromatic carboxylic acids is 1. The summed E-state index contributed by atoms with van der Waals surface area (Å²) in [4.78, 5) is 27.2. The number of aromatic nitrogens is 1. The molecule has 0 spiro atoms. The van der Waals surface area contributed by atoms with Crippen molar-refractivity contribution in [3.63, 3.8) is 0 Å². The van der Waals surface area contributed by atoms with E-state index >= 15 is 0 Å². The maximum absolute atomic E-state index is 11.9. The summed E-state index contributed by atoms with van der Waals surface area (Å²) in [6.07, 6.45) is 6.61. The Bertz CT molecular complexity index is 493. The molecule has 1 fully saturated rings. The molecule has 5 nitrogen and oxygen atoms in total. The van der Waals surface area contributed by atoms with Gasteiger partial charge < -0.3 is 10.4 Å². The van der Waals surface area contributed by atoms with Gasteiger partial charge in [-0.3, -0.25) is 4.79 Å². The highest BCUT2D eigenvalue weighted by atomic mass is 32.1. The van der Waals surface area contributed by atoms with E-state index in [0.29, 0.717) is 29.6 Å². The fourth-order valence-corrected chi connectivity index (χ4v) is 3.47. The van der Waals surface area contributed by atoms with Gasteiger partial charge in [-0.15, -0.1) is 11.3 Å². The van der Waals surface area contributed by atoms with Gasteiger partial charge >= 0.3 is 5.97 Å². The average Bonchev–Trinajstić information content (AvgIpc) is 2.79.